The lowest BCUT2D eigenvalue weighted by Crippen LogP contribution is -2.31. The first-order valence-electron chi connectivity index (χ1n) is 6.08. The third kappa shape index (κ3) is 5.40. The van der Waals surface area contributed by atoms with Crippen LogP contribution in [0.1, 0.15) is 25.5 Å². The number of carbonyl (C=O) groups is 1. The van der Waals surface area contributed by atoms with Crippen LogP contribution in [0.4, 0.5) is 0 Å². The Morgan fingerprint density at radius 2 is 1.79 bits per heavy atom. The van der Waals surface area contributed by atoms with Gasteiger partial charge in [0.25, 0.3) is 0 Å². The zero-order chi connectivity index (χ0) is 14.5. The molecule has 0 saturated heterocycles. The van der Waals surface area contributed by atoms with E-state index in [4.69, 9.17) is 0 Å². The molecular weight excluding hydrogens is 264 g/mol. The molecule has 0 bridgehead atoms. The molecule has 1 amide bonds. The van der Waals surface area contributed by atoms with Gasteiger partial charge in [-0.1, -0.05) is 12.1 Å². The van der Waals surface area contributed by atoms with E-state index in [2.05, 4.69) is 10.6 Å². The van der Waals surface area contributed by atoms with Crippen molar-refractivity contribution in [2.75, 3.05) is 19.3 Å². The topological polar surface area (TPSA) is 75.3 Å². The maximum Gasteiger partial charge on any atom is 0.216 e. The van der Waals surface area contributed by atoms with E-state index in [1.807, 2.05) is 6.92 Å². The number of hydrogen-bond donors (Lipinski definition) is 2. The fraction of sp³-hybridized carbons (Fsp3) is 0.462. The molecular formula is C13H20N2O3S. The summed E-state index contributed by atoms with van der Waals surface area (Å²) in [5.74, 6) is -0.0491. The average molecular weight is 284 g/mol. The molecule has 1 aromatic carbocycles. The van der Waals surface area contributed by atoms with Crippen molar-refractivity contribution in [3.63, 3.8) is 0 Å². The highest BCUT2D eigenvalue weighted by Gasteiger charge is 2.09. The monoisotopic (exact) mass is 284 g/mol. The molecule has 6 heteroatoms. The third-order valence-electron chi connectivity index (χ3n) is 2.76. The summed E-state index contributed by atoms with van der Waals surface area (Å²) in [6.07, 6.45) is 1.19. The Labute approximate surface area is 114 Å². The molecule has 0 spiro atoms. The Balaban J connectivity index is 2.54. The molecule has 1 unspecified atom stereocenters. The van der Waals surface area contributed by atoms with Crippen LogP contribution in [0, 0.1) is 0 Å². The van der Waals surface area contributed by atoms with Crippen LogP contribution in [0.25, 0.3) is 0 Å². The molecule has 1 rings (SSSR count). The third-order valence-corrected chi connectivity index (χ3v) is 3.89. The smallest absolute Gasteiger partial charge is 0.216 e. The van der Waals surface area contributed by atoms with Crippen LogP contribution in [-0.2, 0) is 14.6 Å². The highest BCUT2D eigenvalue weighted by atomic mass is 32.2. The fourth-order valence-corrected chi connectivity index (χ4v) is 2.28. The van der Waals surface area contributed by atoms with Gasteiger partial charge in [-0.15, -0.1) is 0 Å². The Hall–Kier alpha value is -1.40. The van der Waals surface area contributed by atoms with Gasteiger partial charge >= 0.3 is 0 Å². The standard InChI is InChI=1S/C13H20N2O3S/c1-10(14-8-9-15-11(2)16)12-4-6-13(7-5-12)19(3,17)18/h4-7,10,14H,8-9H2,1-3H3,(H,15,16). The van der Waals surface area contributed by atoms with Crippen molar-refractivity contribution in [3.05, 3.63) is 29.8 Å². The predicted molar refractivity (Wildman–Crippen MR) is 74.7 cm³/mol. The van der Waals surface area contributed by atoms with Gasteiger partial charge in [0, 0.05) is 32.3 Å². The predicted octanol–water partition coefficient (Wildman–Crippen LogP) is 0.877. The summed E-state index contributed by atoms with van der Waals surface area (Å²) in [5, 5.41) is 5.95. The van der Waals surface area contributed by atoms with E-state index in [1.165, 1.54) is 13.2 Å². The van der Waals surface area contributed by atoms with Crippen molar-refractivity contribution in [2.45, 2.75) is 24.8 Å². The van der Waals surface area contributed by atoms with Crippen LogP contribution in [0.3, 0.4) is 0 Å². The number of benzene rings is 1. The molecule has 5 nitrogen and oxygen atoms in total. The van der Waals surface area contributed by atoms with E-state index < -0.39 is 9.84 Å². The van der Waals surface area contributed by atoms with Gasteiger partial charge in [0.2, 0.25) is 5.91 Å². The molecule has 0 saturated carbocycles. The number of rotatable bonds is 6. The zero-order valence-corrected chi connectivity index (χ0v) is 12.3. The molecule has 2 N–H and O–H groups in total. The lowest BCUT2D eigenvalue weighted by Gasteiger charge is -2.14. The van der Waals surface area contributed by atoms with Crippen molar-refractivity contribution >= 4 is 15.7 Å². The minimum absolute atomic E-state index is 0.0491. The molecule has 106 valence electrons. The van der Waals surface area contributed by atoms with Gasteiger partial charge in [0.05, 0.1) is 4.90 Å². The second kappa shape index (κ2) is 6.68. The second-order valence-corrected chi connectivity index (χ2v) is 6.52. The van der Waals surface area contributed by atoms with E-state index >= 15 is 0 Å². The maximum atomic E-state index is 11.3. The fourth-order valence-electron chi connectivity index (χ4n) is 1.65. The second-order valence-electron chi connectivity index (χ2n) is 4.50. The van der Waals surface area contributed by atoms with Gasteiger partial charge in [-0.3, -0.25) is 4.79 Å². The van der Waals surface area contributed by atoms with Crippen molar-refractivity contribution in [1.29, 1.82) is 0 Å². The first-order valence-corrected chi connectivity index (χ1v) is 7.97. The quantitative estimate of drug-likeness (QED) is 0.760. The number of carbonyl (C=O) groups excluding carboxylic acids is 1. The highest BCUT2D eigenvalue weighted by Crippen LogP contribution is 2.15. The Bertz CT molecular complexity index is 523. The molecule has 19 heavy (non-hydrogen) atoms. The Kier molecular flexibility index (Phi) is 5.50. The zero-order valence-electron chi connectivity index (χ0n) is 11.4. The summed E-state index contributed by atoms with van der Waals surface area (Å²) < 4.78 is 22.7. The van der Waals surface area contributed by atoms with Gasteiger partial charge in [0.15, 0.2) is 9.84 Å². The largest absolute Gasteiger partial charge is 0.355 e. The van der Waals surface area contributed by atoms with Crippen molar-refractivity contribution in [3.8, 4) is 0 Å². The summed E-state index contributed by atoms with van der Waals surface area (Å²) >= 11 is 0. The lowest BCUT2D eigenvalue weighted by atomic mass is 10.1. The summed E-state index contributed by atoms with van der Waals surface area (Å²) in [5.41, 5.74) is 1.01. The maximum absolute atomic E-state index is 11.3. The normalized spacial score (nSPS) is 13.0. The van der Waals surface area contributed by atoms with Crippen molar-refractivity contribution in [2.24, 2.45) is 0 Å². The molecule has 0 aliphatic heterocycles. The molecule has 0 heterocycles. The average Bonchev–Trinajstić information content (AvgIpc) is 2.33. The molecule has 0 aliphatic rings. The minimum Gasteiger partial charge on any atom is -0.355 e. The summed E-state index contributed by atoms with van der Waals surface area (Å²) in [4.78, 5) is 11.0. The summed E-state index contributed by atoms with van der Waals surface area (Å²) in [6, 6.07) is 6.91. The van der Waals surface area contributed by atoms with Crippen LogP contribution in [0.5, 0.6) is 0 Å². The van der Waals surface area contributed by atoms with Crippen LogP contribution in [0.2, 0.25) is 0 Å². The SMILES string of the molecule is CC(=O)NCCNC(C)c1ccc(S(C)(=O)=O)cc1. The highest BCUT2D eigenvalue weighted by molar-refractivity contribution is 7.90. The van der Waals surface area contributed by atoms with Crippen molar-refractivity contribution in [1.82, 2.24) is 10.6 Å². The van der Waals surface area contributed by atoms with E-state index in [0.29, 0.717) is 18.0 Å². The van der Waals surface area contributed by atoms with E-state index in [1.54, 1.807) is 24.3 Å². The molecule has 0 aromatic heterocycles. The van der Waals surface area contributed by atoms with E-state index in [-0.39, 0.29) is 11.9 Å². The first-order chi connectivity index (χ1) is 8.80. The number of hydrogen-bond acceptors (Lipinski definition) is 4. The molecule has 1 atom stereocenters. The molecule has 1 aromatic rings. The summed E-state index contributed by atoms with van der Waals surface area (Å²) in [7, 11) is -3.14. The number of sulfone groups is 1. The van der Waals surface area contributed by atoms with Crippen LogP contribution < -0.4 is 10.6 Å². The van der Waals surface area contributed by atoms with Gasteiger partial charge < -0.3 is 10.6 Å². The van der Waals surface area contributed by atoms with Crippen LogP contribution in [-0.4, -0.2) is 33.7 Å². The van der Waals surface area contributed by atoms with Crippen molar-refractivity contribution < 1.29 is 13.2 Å². The molecule has 0 radical (unpaired) electrons. The summed E-state index contributed by atoms with van der Waals surface area (Å²) in [6.45, 7) is 4.70. The lowest BCUT2D eigenvalue weighted by molar-refractivity contribution is -0.118. The van der Waals surface area contributed by atoms with Crippen LogP contribution >= 0.6 is 0 Å². The molecule has 0 fully saturated rings. The van der Waals surface area contributed by atoms with E-state index in [0.717, 1.165) is 5.56 Å². The Morgan fingerprint density at radius 3 is 2.26 bits per heavy atom. The van der Waals surface area contributed by atoms with Gasteiger partial charge in [0.1, 0.15) is 0 Å². The Morgan fingerprint density at radius 1 is 1.21 bits per heavy atom. The van der Waals surface area contributed by atoms with Crippen LogP contribution in [0.15, 0.2) is 29.2 Å². The van der Waals surface area contributed by atoms with E-state index in [9.17, 15) is 13.2 Å². The number of amides is 1. The van der Waals surface area contributed by atoms with Gasteiger partial charge in [-0.05, 0) is 24.6 Å². The molecule has 0 aliphatic carbocycles. The first kappa shape index (κ1) is 15.7. The van der Waals surface area contributed by atoms with Gasteiger partial charge in [-0.2, -0.15) is 0 Å². The van der Waals surface area contributed by atoms with Gasteiger partial charge in [-0.25, -0.2) is 8.42 Å². The number of nitrogens with one attached hydrogen (secondary N) is 2. The minimum atomic E-state index is -3.14.